The molecule has 1 aromatic rings. The number of rotatable bonds is 25. The molecule has 19 heteroatoms. The number of carboxylic acid groups (broad SMARTS) is 1. The lowest BCUT2D eigenvalue weighted by Crippen LogP contribution is -2.60. The molecule has 0 heterocycles. The zero-order chi connectivity index (χ0) is 41.0. The SMILES string of the molecule is CC[C@H](C)[C@H](NC(=O)[C@H](CO)NC(=O)[C@H](CCSC)NC(=O)[C@H](Cc1ccccc1)NC(=O)[C@@H](N)CC(N)=O)C(=O)NCC(=O)N[C@@H](CC(C)C)C(=O)O. The maximum absolute atomic E-state index is 13.6. The summed E-state index contributed by atoms with van der Waals surface area (Å²) in [5.41, 5.74) is 11.6. The molecule has 0 aliphatic heterocycles. The minimum atomic E-state index is -1.56. The Labute approximate surface area is 319 Å². The second-order valence-corrected chi connectivity index (χ2v) is 14.3. The van der Waals surface area contributed by atoms with Crippen LogP contribution in [-0.2, 0) is 44.8 Å². The lowest BCUT2D eigenvalue weighted by molar-refractivity contribution is -0.142. The van der Waals surface area contributed by atoms with Gasteiger partial charge in [-0.25, -0.2) is 4.79 Å². The number of aliphatic hydroxyl groups excluding tert-OH is 1. The van der Waals surface area contributed by atoms with Crippen molar-refractivity contribution in [1.29, 1.82) is 0 Å². The highest BCUT2D eigenvalue weighted by Gasteiger charge is 2.33. The van der Waals surface area contributed by atoms with Gasteiger partial charge in [0.1, 0.15) is 30.2 Å². The first-order chi connectivity index (χ1) is 25.4. The zero-order valence-corrected chi connectivity index (χ0v) is 32.2. The number of carbonyl (C=O) groups excluding carboxylic acids is 7. The quantitative estimate of drug-likeness (QED) is 0.0510. The molecule has 302 valence electrons. The van der Waals surface area contributed by atoms with Crippen molar-refractivity contribution in [2.24, 2.45) is 23.3 Å². The van der Waals surface area contributed by atoms with E-state index < -0.39 is 109 Å². The summed E-state index contributed by atoms with van der Waals surface area (Å²) in [7, 11) is 0. The third-order valence-corrected chi connectivity index (χ3v) is 8.93. The topological polar surface area (TPSA) is 301 Å². The monoisotopic (exact) mass is 780 g/mol. The fourth-order valence-corrected chi connectivity index (χ4v) is 5.53. The molecule has 12 N–H and O–H groups in total. The zero-order valence-electron chi connectivity index (χ0n) is 31.4. The van der Waals surface area contributed by atoms with Crippen LogP contribution in [0.25, 0.3) is 0 Å². The number of carbonyl (C=O) groups is 8. The first-order valence-corrected chi connectivity index (χ1v) is 19.0. The van der Waals surface area contributed by atoms with Crippen LogP contribution in [-0.4, -0.2) is 119 Å². The first kappa shape index (κ1) is 47.3. The van der Waals surface area contributed by atoms with Gasteiger partial charge in [0.05, 0.1) is 25.6 Å². The summed E-state index contributed by atoms with van der Waals surface area (Å²) in [5, 5.41) is 34.3. The molecule has 0 aromatic heterocycles. The van der Waals surface area contributed by atoms with Crippen molar-refractivity contribution in [1.82, 2.24) is 31.9 Å². The molecule has 0 saturated carbocycles. The molecule has 1 aromatic carbocycles. The van der Waals surface area contributed by atoms with Crippen LogP contribution in [0.3, 0.4) is 0 Å². The van der Waals surface area contributed by atoms with E-state index in [4.69, 9.17) is 11.5 Å². The van der Waals surface area contributed by atoms with Gasteiger partial charge in [-0.2, -0.15) is 11.8 Å². The molecular weight excluding hydrogens is 724 g/mol. The predicted molar refractivity (Wildman–Crippen MR) is 201 cm³/mol. The number of primary amides is 1. The number of aliphatic hydroxyl groups is 1. The number of nitrogens with one attached hydrogen (secondary N) is 6. The van der Waals surface area contributed by atoms with Gasteiger partial charge in [0.2, 0.25) is 41.4 Å². The Hall–Kier alpha value is -4.75. The summed E-state index contributed by atoms with van der Waals surface area (Å²) < 4.78 is 0. The van der Waals surface area contributed by atoms with Gasteiger partial charge < -0.3 is 53.6 Å². The van der Waals surface area contributed by atoms with Crippen molar-refractivity contribution < 1.29 is 48.6 Å². The smallest absolute Gasteiger partial charge is 0.326 e. The number of carboxylic acids is 1. The maximum Gasteiger partial charge on any atom is 0.326 e. The summed E-state index contributed by atoms with van der Waals surface area (Å²) in [5.74, 6) is -6.98. The highest BCUT2D eigenvalue weighted by Crippen LogP contribution is 2.10. The number of amides is 7. The Morgan fingerprint density at radius 3 is 1.89 bits per heavy atom. The van der Waals surface area contributed by atoms with Crippen molar-refractivity contribution in [2.75, 3.05) is 25.2 Å². The Bertz CT molecular complexity index is 1430. The normalized spacial score (nSPS) is 14.9. The first-order valence-electron chi connectivity index (χ1n) is 17.6. The van der Waals surface area contributed by atoms with E-state index in [2.05, 4.69) is 31.9 Å². The molecule has 0 bridgehead atoms. The Morgan fingerprint density at radius 2 is 1.35 bits per heavy atom. The summed E-state index contributed by atoms with van der Waals surface area (Å²) in [4.78, 5) is 102. The average molecular weight is 781 g/mol. The van der Waals surface area contributed by atoms with Crippen LogP contribution < -0.4 is 43.4 Å². The number of hydrogen-bond acceptors (Lipinski definition) is 11. The third kappa shape index (κ3) is 17.4. The summed E-state index contributed by atoms with van der Waals surface area (Å²) in [6.45, 7) is 5.57. The molecule has 1 rings (SSSR count). The molecule has 7 amide bonds. The fraction of sp³-hybridized carbons (Fsp3) is 0.600. The van der Waals surface area contributed by atoms with Crippen LogP contribution in [0.15, 0.2) is 30.3 Å². The van der Waals surface area contributed by atoms with E-state index >= 15 is 0 Å². The van der Waals surface area contributed by atoms with Crippen molar-refractivity contribution >= 4 is 59.1 Å². The standard InChI is InChI=1S/C35H56N8O10S/c1-6-20(4)29(34(51)38-17-28(46)39-25(35(52)53)14-19(2)3)43-33(50)26(18-44)42-31(48)23(12-13-54-5)40-32(49)24(15-21-10-8-7-9-11-21)41-30(47)22(36)16-27(37)45/h7-11,19-20,22-26,29,44H,6,12-18,36H2,1-5H3,(H2,37,45)(H,38,51)(H,39,46)(H,40,49)(H,41,47)(H,42,48)(H,43,50)(H,52,53)/t20-,22-,23-,24-,25-,26-,29-/m0/s1. The van der Waals surface area contributed by atoms with E-state index in [0.29, 0.717) is 17.7 Å². The molecule has 0 aliphatic carbocycles. The van der Waals surface area contributed by atoms with Crippen LogP contribution >= 0.6 is 11.8 Å². The molecule has 0 spiro atoms. The van der Waals surface area contributed by atoms with Gasteiger partial charge in [-0.05, 0) is 42.2 Å². The van der Waals surface area contributed by atoms with E-state index in [1.807, 2.05) is 0 Å². The maximum atomic E-state index is 13.6. The second kappa shape index (κ2) is 24.5. The number of nitrogens with two attached hydrogens (primary N) is 2. The van der Waals surface area contributed by atoms with Crippen molar-refractivity contribution in [3.05, 3.63) is 35.9 Å². The minimum absolute atomic E-state index is 0.000939. The third-order valence-electron chi connectivity index (χ3n) is 8.29. The predicted octanol–water partition coefficient (Wildman–Crippen LogP) is -2.11. The minimum Gasteiger partial charge on any atom is -0.480 e. The van der Waals surface area contributed by atoms with Crippen LogP contribution in [0, 0.1) is 11.8 Å². The molecule has 0 fully saturated rings. The van der Waals surface area contributed by atoms with Gasteiger partial charge in [0.15, 0.2) is 0 Å². The van der Waals surface area contributed by atoms with E-state index in [-0.39, 0.29) is 25.2 Å². The Kier molecular flexibility index (Phi) is 21.5. The molecule has 0 unspecified atom stereocenters. The summed E-state index contributed by atoms with van der Waals surface area (Å²) in [6.07, 6.45) is 1.99. The number of hydrogen-bond donors (Lipinski definition) is 10. The van der Waals surface area contributed by atoms with Gasteiger partial charge in [-0.3, -0.25) is 33.6 Å². The van der Waals surface area contributed by atoms with Gasteiger partial charge in [-0.15, -0.1) is 0 Å². The molecule has 0 saturated heterocycles. The van der Waals surface area contributed by atoms with Gasteiger partial charge >= 0.3 is 5.97 Å². The summed E-state index contributed by atoms with van der Waals surface area (Å²) >= 11 is 1.38. The largest absolute Gasteiger partial charge is 0.480 e. The summed E-state index contributed by atoms with van der Waals surface area (Å²) in [6, 6.07) is 0.958. The molecular formula is C35H56N8O10S. The van der Waals surface area contributed by atoms with Gasteiger partial charge in [0, 0.05) is 6.42 Å². The average Bonchev–Trinajstić information content (AvgIpc) is 3.12. The van der Waals surface area contributed by atoms with Gasteiger partial charge in [0.25, 0.3) is 0 Å². The van der Waals surface area contributed by atoms with Crippen LogP contribution in [0.5, 0.6) is 0 Å². The van der Waals surface area contributed by atoms with E-state index in [0.717, 1.165) is 0 Å². The number of aliphatic carboxylic acids is 1. The molecule has 54 heavy (non-hydrogen) atoms. The Balaban J connectivity index is 3.11. The second-order valence-electron chi connectivity index (χ2n) is 13.3. The molecule has 7 atom stereocenters. The van der Waals surface area contributed by atoms with Gasteiger partial charge in [-0.1, -0.05) is 64.4 Å². The lowest BCUT2D eigenvalue weighted by atomic mass is 9.97. The number of thioether (sulfide) groups is 1. The molecule has 18 nitrogen and oxygen atoms in total. The fourth-order valence-electron chi connectivity index (χ4n) is 5.06. The van der Waals surface area contributed by atoms with E-state index in [9.17, 15) is 48.6 Å². The van der Waals surface area contributed by atoms with E-state index in [1.54, 1.807) is 64.3 Å². The van der Waals surface area contributed by atoms with Crippen LogP contribution in [0.1, 0.15) is 58.9 Å². The highest BCUT2D eigenvalue weighted by atomic mass is 32.2. The lowest BCUT2D eigenvalue weighted by Gasteiger charge is -2.27. The Morgan fingerprint density at radius 1 is 0.778 bits per heavy atom. The number of benzene rings is 1. The van der Waals surface area contributed by atoms with E-state index in [1.165, 1.54) is 11.8 Å². The van der Waals surface area contributed by atoms with Crippen LogP contribution in [0.2, 0.25) is 0 Å². The van der Waals surface area contributed by atoms with Crippen LogP contribution in [0.4, 0.5) is 0 Å². The molecule has 0 aliphatic rings. The van der Waals surface area contributed by atoms with Crippen molar-refractivity contribution in [3.8, 4) is 0 Å². The highest BCUT2D eigenvalue weighted by molar-refractivity contribution is 7.98. The van der Waals surface area contributed by atoms with Crippen molar-refractivity contribution in [2.45, 2.75) is 96.1 Å². The van der Waals surface area contributed by atoms with Crippen molar-refractivity contribution in [3.63, 3.8) is 0 Å². The molecule has 0 radical (unpaired) electrons.